The minimum Gasteiger partial charge on any atom is -0.481 e. The summed E-state index contributed by atoms with van der Waals surface area (Å²) in [7, 11) is 0. The first-order valence-corrected chi connectivity index (χ1v) is 7.32. The van der Waals surface area contributed by atoms with Gasteiger partial charge < -0.3 is 21.0 Å². The lowest BCUT2D eigenvalue weighted by Crippen LogP contribution is -2.41. The van der Waals surface area contributed by atoms with Crippen molar-refractivity contribution in [3.63, 3.8) is 0 Å². The van der Waals surface area contributed by atoms with E-state index in [0.717, 1.165) is 5.75 Å². The van der Waals surface area contributed by atoms with Gasteiger partial charge in [0.25, 0.3) is 0 Å². The largest absolute Gasteiger partial charge is 0.481 e. The minimum atomic E-state index is -0.998. The SMILES string of the molecule is CC1(C)SCC1/C=C/C(N)CN[C@H](C=O)CC(=O)O. The normalized spacial score (nSPS) is 24.7. The molecule has 1 heterocycles. The fraction of sp³-hybridized carbons (Fsp3) is 0.692. The maximum absolute atomic E-state index is 10.7. The van der Waals surface area contributed by atoms with Gasteiger partial charge in [-0.25, -0.2) is 0 Å². The van der Waals surface area contributed by atoms with E-state index in [0.29, 0.717) is 18.7 Å². The lowest BCUT2D eigenvalue weighted by molar-refractivity contribution is -0.138. The van der Waals surface area contributed by atoms with Gasteiger partial charge in [0, 0.05) is 29.0 Å². The van der Waals surface area contributed by atoms with Gasteiger partial charge in [-0.05, 0) is 0 Å². The quantitative estimate of drug-likeness (QED) is 0.448. The zero-order chi connectivity index (χ0) is 14.5. The van der Waals surface area contributed by atoms with E-state index in [1.54, 1.807) is 0 Å². The minimum absolute atomic E-state index is 0.211. The Labute approximate surface area is 118 Å². The number of allylic oxidation sites excluding steroid dienone is 1. The van der Waals surface area contributed by atoms with E-state index in [2.05, 4.69) is 25.2 Å². The highest BCUT2D eigenvalue weighted by molar-refractivity contribution is 8.02. The molecule has 19 heavy (non-hydrogen) atoms. The lowest BCUT2D eigenvalue weighted by atomic mass is 9.94. The van der Waals surface area contributed by atoms with Crippen LogP contribution >= 0.6 is 11.8 Å². The molecule has 1 aliphatic rings. The summed E-state index contributed by atoms with van der Waals surface area (Å²) in [4.78, 5) is 21.2. The van der Waals surface area contributed by atoms with Crippen molar-refractivity contribution in [3.8, 4) is 0 Å². The van der Waals surface area contributed by atoms with Gasteiger partial charge in [-0.2, -0.15) is 11.8 Å². The van der Waals surface area contributed by atoms with Gasteiger partial charge in [-0.1, -0.05) is 26.0 Å². The second-order valence-electron chi connectivity index (χ2n) is 5.32. The first kappa shape index (κ1) is 16.2. The summed E-state index contributed by atoms with van der Waals surface area (Å²) in [5.41, 5.74) is 5.90. The summed E-state index contributed by atoms with van der Waals surface area (Å²) in [6, 6.07) is -0.884. The van der Waals surface area contributed by atoms with E-state index in [1.807, 2.05) is 17.8 Å². The van der Waals surface area contributed by atoms with Crippen LogP contribution in [0.5, 0.6) is 0 Å². The number of carbonyl (C=O) groups is 2. The number of carbonyl (C=O) groups excluding carboxylic acids is 1. The molecule has 0 aromatic carbocycles. The first-order valence-electron chi connectivity index (χ1n) is 6.33. The number of rotatable bonds is 8. The van der Waals surface area contributed by atoms with Gasteiger partial charge in [-0.3, -0.25) is 4.79 Å². The van der Waals surface area contributed by atoms with Crippen LogP contribution in [-0.2, 0) is 9.59 Å². The molecule has 0 amide bonds. The monoisotopic (exact) mass is 286 g/mol. The van der Waals surface area contributed by atoms with Crippen molar-refractivity contribution >= 4 is 24.0 Å². The third-order valence-electron chi connectivity index (χ3n) is 3.29. The van der Waals surface area contributed by atoms with Gasteiger partial charge in [0.15, 0.2) is 0 Å². The number of carboxylic acids is 1. The number of aldehydes is 1. The van der Waals surface area contributed by atoms with E-state index in [9.17, 15) is 9.59 Å². The van der Waals surface area contributed by atoms with Gasteiger partial charge in [0.1, 0.15) is 6.29 Å². The summed E-state index contributed by atoms with van der Waals surface area (Å²) >= 11 is 1.93. The van der Waals surface area contributed by atoms with Crippen LogP contribution < -0.4 is 11.1 Å². The fourth-order valence-corrected chi connectivity index (χ4v) is 3.00. The fourth-order valence-electron chi connectivity index (χ4n) is 1.79. The zero-order valence-electron chi connectivity index (χ0n) is 11.3. The molecule has 4 N–H and O–H groups in total. The van der Waals surface area contributed by atoms with Crippen molar-refractivity contribution in [1.29, 1.82) is 0 Å². The zero-order valence-corrected chi connectivity index (χ0v) is 12.2. The van der Waals surface area contributed by atoms with E-state index in [1.165, 1.54) is 0 Å². The molecule has 1 saturated heterocycles. The Bertz CT molecular complexity index is 358. The summed E-state index contributed by atoms with van der Waals surface area (Å²) in [5, 5.41) is 11.5. The number of thioether (sulfide) groups is 1. The summed E-state index contributed by atoms with van der Waals surface area (Å²) in [6.45, 7) is 4.80. The van der Waals surface area contributed by atoms with Crippen molar-refractivity contribution in [2.45, 2.75) is 37.1 Å². The molecule has 1 fully saturated rings. The average molecular weight is 286 g/mol. The maximum Gasteiger partial charge on any atom is 0.305 e. The highest BCUT2D eigenvalue weighted by atomic mass is 32.2. The third kappa shape index (κ3) is 5.34. The van der Waals surface area contributed by atoms with Crippen LogP contribution in [0.3, 0.4) is 0 Å². The molecule has 108 valence electrons. The Morgan fingerprint density at radius 2 is 2.32 bits per heavy atom. The smallest absolute Gasteiger partial charge is 0.305 e. The molecule has 0 spiro atoms. The second kappa shape index (κ2) is 7.07. The molecule has 3 atom stereocenters. The van der Waals surface area contributed by atoms with Gasteiger partial charge >= 0.3 is 5.97 Å². The van der Waals surface area contributed by atoms with Crippen molar-refractivity contribution in [2.24, 2.45) is 11.7 Å². The molecule has 0 radical (unpaired) electrons. The topological polar surface area (TPSA) is 92.4 Å². The van der Waals surface area contributed by atoms with Gasteiger partial charge in [0.05, 0.1) is 12.5 Å². The van der Waals surface area contributed by atoms with Crippen LogP contribution in [0.2, 0.25) is 0 Å². The van der Waals surface area contributed by atoms with Crippen molar-refractivity contribution < 1.29 is 14.7 Å². The van der Waals surface area contributed by atoms with Crippen LogP contribution in [0.15, 0.2) is 12.2 Å². The standard InChI is InChI=1S/C13H22N2O3S/c1-13(2)9(8-19-13)3-4-10(14)6-15-11(7-16)5-12(17)18/h3-4,7,9-11,15H,5-6,8,14H2,1-2H3,(H,17,18)/b4-3+/t9?,10?,11-/m0/s1. The van der Waals surface area contributed by atoms with Gasteiger partial charge in [-0.15, -0.1) is 0 Å². The maximum atomic E-state index is 10.7. The molecule has 1 rings (SSSR count). The molecule has 0 aromatic heterocycles. The molecule has 0 aliphatic carbocycles. The number of carboxylic acid groups (broad SMARTS) is 1. The molecule has 6 heteroatoms. The molecule has 2 unspecified atom stereocenters. The molecular formula is C13H22N2O3S. The molecule has 0 aromatic rings. The molecule has 5 nitrogen and oxygen atoms in total. The summed E-state index contributed by atoms with van der Waals surface area (Å²) < 4.78 is 0.276. The predicted molar refractivity (Wildman–Crippen MR) is 77.2 cm³/mol. The summed E-state index contributed by atoms with van der Waals surface area (Å²) in [5.74, 6) is 0.644. The van der Waals surface area contributed by atoms with Crippen molar-refractivity contribution in [1.82, 2.24) is 5.32 Å². The molecule has 1 aliphatic heterocycles. The van der Waals surface area contributed by atoms with E-state index in [4.69, 9.17) is 10.8 Å². The first-order chi connectivity index (χ1) is 8.85. The Morgan fingerprint density at radius 3 is 2.74 bits per heavy atom. The van der Waals surface area contributed by atoms with Crippen LogP contribution in [0.1, 0.15) is 20.3 Å². The number of hydrogen-bond acceptors (Lipinski definition) is 5. The Morgan fingerprint density at radius 1 is 1.63 bits per heavy atom. The van der Waals surface area contributed by atoms with Crippen LogP contribution in [-0.4, -0.2) is 46.5 Å². The third-order valence-corrected chi connectivity index (χ3v) is 4.87. The van der Waals surface area contributed by atoms with E-state index >= 15 is 0 Å². The Hall–Kier alpha value is -0.850. The molecular weight excluding hydrogens is 264 g/mol. The van der Waals surface area contributed by atoms with E-state index < -0.39 is 12.0 Å². The Kier molecular flexibility index (Phi) is 6.03. The Balaban J connectivity index is 2.30. The number of nitrogens with two attached hydrogens (primary N) is 1. The average Bonchev–Trinajstić information content (AvgIpc) is 2.32. The van der Waals surface area contributed by atoms with Crippen molar-refractivity contribution in [2.75, 3.05) is 12.3 Å². The summed E-state index contributed by atoms with van der Waals surface area (Å²) in [6.07, 6.45) is 4.44. The number of hydrogen-bond donors (Lipinski definition) is 3. The van der Waals surface area contributed by atoms with Gasteiger partial charge in [0.2, 0.25) is 0 Å². The van der Waals surface area contributed by atoms with Crippen LogP contribution in [0.4, 0.5) is 0 Å². The van der Waals surface area contributed by atoms with Crippen LogP contribution in [0.25, 0.3) is 0 Å². The van der Waals surface area contributed by atoms with Crippen molar-refractivity contribution in [3.05, 3.63) is 12.2 Å². The van der Waals surface area contributed by atoms with E-state index in [-0.39, 0.29) is 17.2 Å². The number of aliphatic carboxylic acids is 1. The predicted octanol–water partition coefficient (Wildman–Crippen LogP) is 0.643. The van der Waals surface area contributed by atoms with Crippen LogP contribution in [0, 0.1) is 5.92 Å². The highest BCUT2D eigenvalue weighted by Crippen LogP contribution is 2.45. The number of nitrogens with one attached hydrogen (secondary N) is 1. The lowest BCUT2D eigenvalue weighted by Gasteiger charge is -2.42. The second-order valence-corrected chi connectivity index (χ2v) is 6.99. The molecule has 0 saturated carbocycles. The molecule has 0 bridgehead atoms. The highest BCUT2D eigenvalue weighted by Gasteiger charge is 2.37.